The molecule has 3 N–H and O–H groups in total. The molecule has 138 valence electrons. The number of nitrogens with two attached hydrogens (primary N) is 1. The first-order chi connectivity index (χ1) is 12.3. The van der Waals surface area contributed by atoms with Crippen LogP contribution < -0.4 is 16.0 Å². The zero-order valence-corrected chi connectivity index (χ0v) is 16.2. The summed E-state index contributed by atoms with van der Waals surface area (Å²) in [5.41, 5.74) is 9.16. The molecule has 0 atom stereocenters. The van der Waals surface area contributed by atoms with Crippen molar-refractivity contribution >= 4 is 46.2 Å². The molecule has 1 aromatic carbocycles. The Morgan fingerprint density at radius 2 is 1.88 bits per heavy atom. The zero-order valence-electron chi connectivity index (χ0n) is 14.7. The molecule has 0 saturated carbocycles. The number of primary amides is 1. The maximum Gasteiger partial charge on any atom is 0.250 e. The average molecular weight is 394 g/mol. The Morgan fingerprint density at radius 1 is 1.19 bits per heavy atom. The largest absolute Gasteiger partial charge is 0.369 e. The SMILES string of the molecule is Cc1cc(N2CCN(C)CC2)cc(C(N)=O)c1Nc1cc(Cl)ncc1Cl. The Morgan fingerprint density at radius 3 is 2.54 bits per heavy atom. The van der Waals surface area contributed by atoms with Crippen LogP contribution in [0.4, 0.5) is 17.1 Å². The van der Waals surface area contributed by atoms with Crippen LogP contribution in [0, 0.1) is 6.92 Å². The van der Waals surface area contributed by atoms with Crippen LogP contribution in [-0.2, 0) is 0 Å². The zero-order chi connectivity index (χ0) is 18.8. The lowest BCUT2D eigenvalue weighted by atomic mass is 10.0. The topological polar surface area (TPSA) is 74.5 Å². The molecule has 1 aliphatic heterocycles. The van der Waals surface area contributed by atoms with Gasteiger partial charge in [-0.15, -0.1) is 0 Å². The minimum Gasteiger partial charge on any atom is -0.369 e. The third-order valence-corrected chi connectivity index (χ3v) is 5.04. The van der Waals surface area contributed by atoms with Gasteiger partial charge in [-0.3, -0.25) is 4.79 Å². The second-order valence-corrected chi connectivity index (χ2v) is 7.25. The summed E-state index contributed by atoms with van der Waals surface area (Å²) in [6, 6.07) is 5.50. The summed E-state index contributed by atoms with van der Waals surface area (Å²) in [7, 11) is 2.11. The summed E-state index contributed by atoms with van der Waals surface area (Å²) < 4.78 is 0. The number of nitrogens with zero attached hydrogens (tertiary/aromatic N) is 3. The molecule has 1 aromatic heterocycles. The van der Waals surface area contributed by atoms with E-state index in [1.54, 1.807) is 6.07 Å². The first-order valence-electron chi connectivity index (χ1n) is 8.31. The molecule has 0 spiro atoms. The Hall–Kier alpha value is -2.02. The van der Waals surface area contributed by atoms with Crippen molar-refractivity contribution in [2.24, 2.45) is 5.73 Å². The lowest BCUT2D eigenvalue weighted by Gasteiger charge is -2.34. The third kappa shape index (κ3) is 4.03. The maximum atomic E-state index is 12.1. The van der Waals surface area contributed by atoms with E-state index in [2.05, 4.69) is 33.2 Å². The van der Waals surface area contributed by atoms with Gasteiger partial charge in [0.25, 0.3) is 5.91 Å². The normalized spacial score (nSPS) is 15.2. The van der Waals surface area contributed by atoms with Gasteiger partial charge in [-0.2, -0.15) is 0 Å². The highest BCUT2D eigenvalue weighted by Crippen LogP contribution is 2.33. The van der Waals surface area contributed by atoms with E-state index in [-0.39, 0.29) is 0 Å². The third-order valence-electron chi connectivity index (χ3n) is 4.54. The van der Waals surface area contributed by atoms with Gasteiger partial charge in [0, 0.05) is 44.1 Å². The van der Waals surface area contributed by atoms with Crippen molar-refractivity contribution in [2.75, 3.05) is 43.4 Å². The fraction of sp³-hybridized carbons (Fsp3) is 0.333. The lowest BCUT2D eigenvalue weighted by Crippen LogP contribution is -2.44. The highest BCUT2D eigenvalue weighted by molar-refractivity contribution is 6.34. The molecule has 2 aromatic rings. The Kier molecular flexibility index (Phi) is 5.55. The highest BCUT2D eigenvalue weighted by atomic mass is 35.5. The lowest BCUT2D eigenvalue weighted by molar-refractivity contribution is 0.100. The number of hydrogen-bond acceptors (Lipinski definition) is 5. The van der Waals surface area contributed by atoms with E-state index in [4.69, 9.17) is 28.9 Å². The summed E-state index contributed by atoms with van der Waals surface area (Å²) in [5, 5.41) is 3.90. The quantitative estimate of drug-likeness (QED) is 0.779. The summed E-state index contributed by atoms with van der Waals surface area (Å²) in [6.07, 6.45) is 1.46. The maximum absolute atomic E-state index is 12.1. The number of nitrogens with one attached hydrogen (secondary N) is 1. The number of aryl methyl sites for hydroxylation is 1. The molecule has 1 fully saturated rings. The minimum absolute atomic E-state index is 0.309. The number of carbonyl (C=O) groups excluding carboxylic acids is 1. The number of halogens is 2. The van der Waals surface area contributed by atoms with Crippen LogP contribution in [0.25, 0.3) is 0 Å². The van der Waals surface area contributed by atoms with Crippen LogP contribution in [0.15, 0.2) is 24.4 Å². The minimum atomic E-state index is -0.497. The molecule has 26 heavy (non-hydrogen) atoms. The van der Waals surface area contributed by atoms with Crippen LogP contribution >= 0.6 is 23.2 Å². The van der Waals surface area contributed by atoms with E-state index in [1.165, 1.54) is 6.20 Å². The molecule has 2 heterocycles. The molecular weight excluding hydrogens is 373 g/mol. The van der Waals surface area contributed by atoms with Crippen molar-refractivity contribution in [1.29, 1.82) is 0 Å². The van der Waals surface area contributed by atoms with E-state index in [9.17, 15) is 4.79 Å². The molecule has 0 aliphatic carbocycles. The van der Waals surface area contributed by atoms with Gasteiger partial charge >= 0.3 is 0 Å². The molecule has 0 radical (unpaired) electrons. The van der Waals surface area contributed by atoms with Gasteiger partial charge < -0.3 is 20.9 Å². The first-order valence-corrected chi connectivity index (χ1v) is 9.06. The Labute approximate surface area is 162 Å². The predicted octanol–water partition coefficient (Wildman–Crippen LogP) is 3.29. The molecule has 3 rings (SSSR count). The fourth-order valence-corrected chi connectivity index (χ4v) is 3.33. The average Bonchev–Trinajstić information content (AvgIpc) is 2.60. The molecular formula is C18H21Cl2N5O. The fourth-order valence-electron chi connectivity index (χ4n) is 3.02. The molecule has 0 unspecified atom stereocenters. The van der Waals surface area contributed by atoms with E-state index < -0.39 is 5.91 Å². The van der Waals surface area contributed by atoms with Crippen molar-refractivity contribution in [2.45, 2.75) is 6.92 Å². The number of aromatic nitrogens is 1. The van der Waals surface area contributed by atoms with Gasteiger partial charge in [-0.05, 0) is 31.7 Å². The van der Waals surface area contributed by atoms with Gasteiger partial charge in [0.2, 0.25) is 0 Å². The van der Waals surface area contributed by atoms with Crippen molar-refractivity contribution in [3.8, 4) is 0 Å². The summed E-state index contributed by atoms with van der Waals surface area (Å²) in [5.74, 6) is -0.497. The van der Waals surface area contributed by atoms with Gasteiger partial charge in [0.15, 0.2) is 0 Å². The number of rotatable bonds is 4. The standard InChI is InChI=1S/C18H21Cl2N5O/c1-11-7-12(25-5-3-24(2)4-6-25)8-13(18(21)26)17(11)23-15-9-16(20)22-10-14(15)19/h7-10H,3-6H2,1-2H3,(H2,21,26)(H,22,23). The molecule has 6 nitrogen and oxygen atoms in total. The van der Waals surface area contributed by atoms with Gasteiger partial charge in [0.05, 0.1) is 22.0 Å². The van der Waals surface area contributed by atoms with Crippen molar-refractivity contribution in [3.05, 3.63) is 45.7 Å². The van der Waals surface area contributed by atoms with Crippen molar-refractivity contribution in [3.63, 3.8) is 0 Å². The van der Waals surface area contributed by atoms with Crippen LogP contribution in [0.5, 0.6) is 0 Å². The monoisotopic (exact) mass is 393 g/mol. The van der Waals surface area contributed by atoms with Crippen LogP contribution in [0.1, 0.15) is 15.9 Å². The number of likely N-dealkylation sites (N-methyl/N-ethyl adjacent to an activating group) is 1. The van der Waals surface area contributed by atoms with Gasteiger partial charge in [-0.25, -0.2) is 4.98 Å². The van der Waals surface area contributed by atoms with E-state index >= 15 is 0 Å². The second kappa shape index (κ2) is 7.70. The number of amides is 1. The number of benzene rings is 1. The van der Waals surface area contributed by atoms with Gasteiger partial charge in [0.1, 0.15) is 5.15 Å². The van der Waals surface area contributed by atoms with E-state index in [0.29, 0.717) is 27.1 Å². The number of pyridine rings is 1. The van der Waals surface area contributed by atoms with Crippen LogP contribution in [0.3, 0.4) is 0 Å². The van der Waals surface area contributed by atoms with E-state index in [0.717, 1.165) is 37.4 Å². The molecule has 8 heteroatoms. The van der Waals surface area contributed by atoms with Gasteiger partial charge in [-0.1, -0.05) is 23.2 Å². The Bertz CT molecular complexity index is 835. The molecule has 1 aliphatic rings. The summed E-state index contributed by atoms with van der Waals surface area (Å²) in [6.45, 7) is 5.72. The second-order valence-electron chi connectivity index (χ2n) is 6.45. The van der Waals surface area contributed by atoms with Crippen molar-refractivity contribution < 1.29 is 4.79 Å². The first kappa shape index (κ1) is 18.8. The highest BCUT2D eigenvalue weighted by Gasteiger charge is 2.19. The summed E-state index contributed by atoms with van der Waals surface area (Å²) >= 11 is 12.1. The van der Waals surface area contributed by atoms with E-state index in [1.807, 2.05) is 13.0 Å². The molecule has 1 saturated heterocycles. The number of carbonyl (C=O) groups is 1. The predicted molar refractivity (Wildman–Crippen MR) is 107 cm³/mol. The number of hydrogen-bond donors (Lipinski definition) is 2. The summed E-state index contributed by atoms with van der Waals surface area (Å²) in [4.78, 5) is 20.6. The Balaban J connectivity index is 1.97. The van der Waals surface area contributed by atoms with Crippen LogP contribution in [0.2, 0.25) is 10.2 Å². The molecule has 1 amide bonds. The number of piperazine rings is 1. The smallest absolute Gasteiger partial charge is 0.250 e. The van der Waals surface area contributed by atoms with Crippen molar-refractivity contribution in [1.82, 2.24) is 9.88 Å². The molecule has 0 bridgehead atoms. The number of anilines is 3. The van der Waals surface area contributed by atoms with Crippen LogP contribution in [-0.4, -0.2) is 49.0 Å².